The second-order valence-electron chi connectivity index (χ2n) is 6.60. The minimum Gasteiger partial charge on any atom is -0.493 e. The highest BCUT2D eigenvalue weighted by Gasteiger charge is 2.21. The summed E-state index contributed by atoms with van der Waals surface area (Å²) in [6.07, 6.45) is 0.748. The highest BCUT2D eigenvalue weighted by atomic mass is 16.6. The molecule has 3 rings (SSSR count). The van der Waals surface area contributed by atoms with Gasteiger partial charge in [0.05, 0.1) is 27.0 Å². The third-order valence-electron chi connectivity index (χ3n) is 4.42. The van der Waals surface area contributed by atoms with Crippen LogP contribution in [0.25, 0.3) is 10.9 Å². The zero-order valence-corrected chi connectivity index (χ0v) is 16.1. The van der Waals surface area contributed by atoms with Gasteiger partial charge in [-0.3, -0.25) is 25.0 Å². The number of azo groups is 1. The van der Waals surface area contributed by atoms with Crippen LogP contribution in [0.3, 0.4) is 0 Å². The molecule has 1 N–H and O–H groups in total. The molecule has 0 radical (unpaired) electrons. The van der Waals surface area contributed by atoms with Crippen molar-refractivity contribution in [2.45, 2.75) is 26.8 Å². The molecule has 154 valence electrons. The number of amides is 1. The second kappa shape index (κ2) is 8.07. The fraction of sp³-hybridized carbons (Fsp3) is 0.211. The Morgan fingerprint density at radius 3 is 2.30 bits per heavy atom. The predicted molar refractivity (Wildman–Crippen MR) is 107 cm³/mol. The zero-order chi connectivity index (χ0) is 22.0. The molecule has 0 saturated heterocycles. The molecule has 0 unspecified atom stereocenters. The first-order valence-corrected chi connectivity index (χ1v) is 8.94. The van der Waals surface area contributed by atoms with Gasteiger partial charge in [0, 0.05) is 24.1 Å². The first-order valence-electron chi connectivity index (χ1n) is 8.94. The van der Waals surface area contributed by atoms with Gasteiger partial charge in [-0.25, -0.2) is 0 Å². The molecule has 0 saturated carbocycles. The number of hydrogen-bond acceptors (Lipinski definition) is 7. The van der Waals surface area contributed by atoms with E-state index in [1.54, 1.807) is 10.6 Å². The maximum absolute atomic E-state index is 12.4. The number of rotatable bonds is 6. The summed E-state index contributed by atoms with van der Waals surface area (Å²) in [5, 5.41) is 40.6. The molecule has 11 nitrogen and oxygen atoms in total. The van der Waals surface area contributed by atoms with E-state index in [2.05, 4.69) is 10.2 Å². The minimum absolute atomic E-state index is 0.0791. The minimum atomic E-state index is -1.01. The molecule has 1 heterocycles. The van der Waals surface area contributed by atoms with Gasteiger partial charge in [0.15, 0.2) is 5.69 Å². The van der Waals surface area contributed by atoms with Gasteiger partial charge in [-0.15, -0.1) is 10.2 Å². The number of nitro benzene ring substituents is 2. The Balaban J connectivity index is 2.06. The maximum Gasteiger partial charge on any atom is 0.295 e. The standard InChI is InChI=1S/C19H17N5O6/c1-3-6-22-16-5-4-11(2)7-15(16)17(19(22)26)20-21-18(25)12-8-13(23(27)28)10-14(9-12)24(29)30/h4-5,7-10,26H,3,6H2,1-2H3. The lowest BCUT2D eigenvalue weighted by atomic mass is 10.1. The quantitative estimate of drug-likeness (QED) is 0.349. The molecule has 0 aliphatic heterocycles. The average Bonchev–Trinajstić information content (AvgIpc) is 2.96. The highest BCUT2D eigenvalue weighted by molar-refractivity contribution is 5.98. The van der Waals surface area contributed by atoms with Gasteiger partial charge in [-0.1, -0.05) is 18.6 Å². The van der Waals surface area contributed by atoms with Gasteiger partial charge in [-0.05, 0) is 25.5 Å². The molecule has 0 spiro atoms. The van der Waals surface area contributed by atoms with Crippen LogP contribution in [0.1, 0.15) is 29.3 Å². The van der Waals surface area contributed by atoms with Crippen molar-refractivity contribution >= 4 is 33.9 Å². The number of non-ortho nitro benzene ring substituents is 2. The molecule has 30 heavy (non-hydrogen) atoms. The van der Waals surface area contributed by atoms with Crippen molar-refractivity contribution in [3.8, 4) is 5.88 Å². The van der Waals surface area contributed by atoms with Crippen molar-refractivity contribution in [3.63, 3.8) is 0 Å². The molecule has 11 heteroatoms. The number of carbonyl (C=O) groups excluding carboxylic acids is 1. The van der Waals surface area contributed by atoms with Crippen LogP contribution in [0.5, 0.6) is 5.88 Å². The molecule has 1 aromatic heterocycles. The van der Waals surface area contributed by atoms with E-state index in [1.807, 2.05) is 26.0 Å². The van der Waals surface area contributed by atoms with E-state index in [0.29, 0.717) is 17.4 Å². The number of nitro groups is 2. The van der Waals surface area contributed by atoms with Crippen LogP contribution in [0, 0.1) is 27.2 Å². The summed E-state index contributed by atoms with van der Waals surface area (Å²) in [4.78, 5) is 32.7. The van der Waals surface area contributed by atoms with E-state index in [9.17, 15) is 30.1 Å². The summed E-state index contributed by atoms with van der Waals surface area (Å²) in [5.41, 5.74) is 0.130. The van der Waals surface area contributed by atoms with Crippen LogP contribution in [0.4, 0.5) is 17.1 Å². The molecule has 1 amide bonds. The third kappa shape index (κ3) is 3.85. The lowest BCUT2D eigenvalue weighted by molar-refractivity contribution is -0.394. The van der Waals surface area contributed by atoms with Crippen molar-refractivity contribution in [1.29, 1.82) is 0 Å². The van der Waals surface area contributed by atoms with E-state index >= 15 is 0 Å². The van der Waals surface area contributed by atoms with E-state index < -0.39 is 27.1 Å². The Bertz CT molecular complexity index is 1180. The van der Waals surface area contributed by atoms with Crippen molar-refractivity contribution < 1.29 is 19.7 Å². The molecular weight excluding hydrogens is 394 g/mol. The summed E-state index contributed by atoms with van der Waals surface area (Å²) < 4.78 is 1.64. The molecular formula is C19H17N5O6. The van der Waals surface area contributed by atoms with E-state index in [-0.39, 0.29) is 17.1 Å². The molecule has 0 aliphatic carbocycles. The summed E-state index contributed by atoms with van der Waals surface area (Å²) in [7, 11) is 0. The number of hydrogen-bond donors (Lipinski definition) is 1. The lowest BCUT2D eigenvalue weighted by Gasteiger charge is -2.04. The first kappa shape index (κ1) is 20.6. The molecule has 0 bridgehead atoms. The molecule has 0 aliphatic rings. The number of aryl methyl sites for hydroxylation is 2. The van der Waals surface area contributed by atoms with Crippen LogP contribution in [-0.4, -0.2) is 25.4 Å². The van der Waals surface area contributed by atoms with Crippen LogP contribution in [0.15, 0.2) is 46.6 Å². The topological polar surface area (TPSA) is 153 Å². The number of aromatic nitrogens is 1. The van der Waals surface area contributed by atoms with Crippen molar-refractivity contribution in [2.24, 2.45) is 10.2 Å². The normalized spacial score (nSPS) is 11.3. The number of nitrogens with zero attached hydrogens (tertiary/aromatic N) is 5. The van der Waals surface area contributed by atoms with Gasteiger partial charge in [-0.2, -0.15) is 0 Å². The summed E-state index contributed by atoms with van der Waals surface area (Å²) >= 11 is 0. The van der Waals surface area contributed by atoms with Gasteiger partial charge in [0.25, 0.3) is 17.3 Å². The largest absolute Gasteiger partial charge is 0.493 e. The predicted octanol–water partition coefficient (Wildman–Crippen LogP) is 4.81. The Kier molecular flexibility index (Phi) is 5.54. The Hall–Kier alpha value is -4.15. The summed E-state index contributed by atoms with van der Waals surface area (Å²) in [6, 6.07) is 8.02. The average molecular weight is 411 g/mol. The molecule has 0 fully saturated rings. The van der Waals surface area contributed by atoms with Gasteiger partial charge in [0.2, 0.25) is 5.88 Å². The summed E-state index contributed by atoms with van der Waals surface area (Å²) in [5.74, 6) is -1.18. The third-order valence-corrected chi connectivity index (χ3v) is 4.42. The van der Waals surface area contributed by atoms with E-state index in [4.69, 9.17) is 0 Å². The highest BCUT2D eigenvalue weighted by Crippen LogP contribution is 2.39. The van der Waals surface area contributed by atoms with Crippen LogP contribution in [-0.2, 0) is 6.54 Å². The summed E-state index contributed by atoms with van der Waals surface area (Å²) in [6.45, 7) is 4.33. The number of fused-ring (bicyclic) bond motifs is 1. The molecule has 0 atom stereocenters. The lowest BCUT2D eigenvalue weighted by Crippen LogP contribution is -1.99. The Morgan fingerprint density at radius 1 is 1.10 bits per heavy atom. The number of aromatic hydroxyl groups is 1. The van der Waals surface area contributed by atoms with Crippen molar-refractivity contribution in [2.75, 3.05) is 0 Å². The van der Waals surface area contributed by atoms with Gasteiger partial charge < -0.3 is 9.67 Å². The van der Waals surface area contributed by atoms with E-state index in [0.717, 1.165) is 30.2 Å². The van der Waals surface area contributed by atoms with Crippen molar-refractivity contribution in [1.82, 2.24) is 4.57 Å². The second-order valence-corrected chi connectivity index (χ2v) is 6.60. The van der Waals surface area contributed by atoms with E-state index in [1.165, 1.54) is 0 Å². The Morgan fingerprint density at radius 2 is 1.73 bits per heavy atom. The maximum atomic E-state index is 12.4. The zero-order valence-electron chi connectivity index (χ0n) is 16.1. The molecule has 2 aromatic carbocycles. The van der Waals surface area contributed by atoms with Crippen molar-refractivity contribution in [3.05, 3.63) is 67.8 Å². The first-order chi connectivity index (χ1) is 14.2. The fourth-order valence-electron chi connectivity index (χ4n) is 3.07. The number of benzene rings is 2. The fourth-order valence-corrected chi connectivity index (χ4v) is 3.07. The van der Waals surface area contributed by atoms with Gasteiger partial charge >= 0.3 is 0 Å². The SMILES string of the molecule is CCCn1c(O)c(N=NC(=O)c2cc([N+](=O)[O-])cc([N+](=O)[O-])c2)c2cc(C)ccc21. The molecule has 3 aromatic rings. The van der Waals surface area contributed by atoms with Gasteiger partial charge in [0.1, 0.15) is 0 Å². The smallest absolute Gasteiger partial charge is 0.295 e. The van der Waals surface area contributed by atoms with Crippen LogP contribution < -0.4 is 0 Å². The van der Waals surface area contributed by atoms with Crippen LogP contribution in [0.2, 0.25) is 0 Å². The van der Waals surface area contributed by atoms with Crippen LogP contribution >= 0.6 is 0 Å². The number of carbonyl (C=O) groups is 1. The monoisotopic (exact) mass is 411 g/mol. The Labute approximate surface area is 169 Å².